The fourth-order valence-electron chi connectivity index (χ4n) is 5.19. The molecule has 3 aromatic rings. The highest BCUT2D eigenvalue weighted by molar-refractivity contribution is 5.92. The summed E-state index contributed by atoms with van der Waals surface area (Å²) in [6.07, 6.45) is -2.89. The lowest BCUT2D eigenvalue weighted by molar-refractivity contribution is -0.137. The minimum Gasteiger partial charge on any atom is -0.459 e. The topological polar surface area (TPSA) is 65.8 Å². The Morgan fingerprint density at radius 2 is 1.83 bits per heavy atom. The second kappa shape index (κ2) is 9.37. The maximum atomic E-state index is 13.6. The van der Waals surface area contributed by atoms with Crippen molar-refractivity contribution in [1.29, 1.82) is 0 Å². The van der Waals surface area contributed by atoms with Gasteiger partial charge < -0.3 is 19.5 Å². The predicted molar refractivity (Wildman–Crippen MR) is 127 cm³/mol. The normalized spacial score (nSPS) is 20.3. The Labute approximate surface area is 206 Å². The largest absolute Gasteiger partial charge is 0.459 e. The van der Waals surface area contributed by atoms with E-state index >= 15 is 0 Å². The van der Waals surface area contributed by atoms with Crippen molar-refractivity contribution < 1.29 is 27.2 Å². The van der Waals surface area contributed by atoms with E-state index in [9.17, 15) is 22.8 Å². The Hall–Kier alpha value is -3.75. The lowest BCUT2D eigenvalue weighted by atomic mass is 9.82. The first kappa shape index (κ1) is 24.0. The number of rotatable bonds is 4. The lowest BCUT2D eigenvalue weighted by Gasteiger charge is -2.49. The molecule has 3 heterocycles. The van der Waals surface area contributed by atoms with Gasteiger partial charge in [0, 0.05) is 25.3 Å². The molecular weight excluding hydrogens is 471 g/mol. The zero-order valence-corrected chi connectivity index (χ0v) is 19.7. The van der Waals surface area contributed by atoms with E-state index in [-0.39, 0.29) is 42.6 Å². The molecule has 1 aromatic heterocycles. The third kappa shape index (κ3) is 4.57. The van der Waals surface area contributed by atoms with E-state index in [0.717, 1.165) is 17.7 Å². The number of amides is 2. The molecule has 188 valence electrons. The Morgan fingerprint density at radius 3 is 2.53 bits per heavy atom. The van der Waals surface area contributed by atoms with Gasteiger partial charge in [-0.1, -0.05) is 30.3 Å². The average molecular weight is 498 g/mol. The second-order valence-corrected chi connectivity index (χ2v) is 9.28. The first-order valence-corrected chi connectivity index (χ1v) is 11.9. The molecular formula is C27H26F3N3O3. The van der Waals surface area contributed by atoms with Gasteiger partial charge in [-0.3, -0.25) is 9.59 Å². The maximum absolute atomic E-state index is 13.6. The summed E-state index contributed by atoms with van der Waals surface area (Å²) in [5, 5.41) is 3.04. The number of benzene rings is 2. The standard InChI is InChI=1S/C27H26F3N3O3/c1-17(18-6-3-2-4-7-18)31-25(34)21-15-19-14-20(27(28,29)30)9-10-22(19)33-12-11-32(16-23(21)33)26(35)24-8-5-13-36-24/h2-10,13-14,17,21,23H,11-12,15-16H2,1H3,(H,31,34)/t17-,21-,23-/m1/s1. The van der Waals surface area contributed by atoms with Gasteiger partial charge in [-0.2, -0.15) is 13.2 Å². The molecule has 2 amide bonds. The first-order valence-electron chi connectivity index (χ1n) is 11.9. The van der Waals surface area contributed by atoms with Crippen molar-refractivity contribution in [3.05, 3.63) is 89.4 Å². The number of fused-ring (bicyclic) bond motifs is 3. The molecule has 1 saturated heterocycles. The van der Waals surface area contributed by atoms with Crippen molar-refractivity contribution in [1.82, 2.24) is 10.2 Å². The van der Waals surface area contributed by atoms with E-state index in [1.54, 1.807) is 17.0 Å². The number of nitrogens with one attached hydrogen (secondary N) is 1. The van der Waals surface area contributed by atoms with Crippen LogP contribution in [0.2, 0.25) is 0 Å². The van der Waals surface area contributed by atoms with Crippen molar-refractivity contribution in [2.24, 2.45) is 5.92 Å². The van der Waals surface area contributed by atoms with Gasteiger partial charge in [0.15, 0.2) is 5.76 Å². The summed E-state index contributed by atoms with van der Waals surface area (Å²) in [6, 6.07) is 15.7. The van der Waals surface area contributed by atoms with E-state index < -0.39 is 17.7 Å². The van der Waals surface area contributed by atoms with Crippen LogP contribution in [0.25, 0.3) is 0 Å². The third-order valence-corrected chi connectivity index (χ3v) is 7.05. The zero-order valence-electron chi connectivity index (χ0n) is 19.7. The molecule has 6 nitrogen and oxygen atoms in total. The highest BCUT2D eigenvalue weighted by Gasteiger charge is 2.44. The van der Waals surface area contributed by atoms with Crippen LogP contribution in [-0.4, -0.2) is 42.4 Å². The van der Waals surface area contributed by atoms with E-state index in [1.165, 1.54) is 12.3 Å². The molecule has 1 N–H and O–H groups in total. The minimum atomic E-state index is -4.47. The van der Waals surface area contributed by atoms with Crippen LogP contribution in [0, 0.1) is 5.92 Å². The number of hydrogen-bond acceptors (Lipinski definition) is 4. The number of anilines is 1. The maximum Gasteiger partial charge on any atom is 0.416 e. The molecule has 2 aliphatic heterocycles. The van der Waals surface area contributed by atoms with E-state index in [1.807, 2.05) is 42.2 Å². The number of alkyl halides is 3. The van der Waals surface area contributed by atoms with Crippen LogP contribution in [0.3, 0.4) is 0 Å². The summed E-state index contributed by atoms with van der Waals surface area (Å²) in [5.74, 6) is -0.945. The van der Waals surface area contributed by atoms with Gasteiger partial charge in [0.05, 0.1) is 29.8 Å². The number of carbonyl (C=O) groups is 2. The summed E-state index contributed by atoms with van der Waals surface area (Å²) >= 11 is 0. The Morgan fingerprint density at radius 1 is 1.06 bits per heavy atom. The van der Waals surface area contributed by atoms with Crippen molar-refractivity contribution in [2.45, 2.75) is 31.6 Å². The Bertz CT molecular complexity index is 1240. The van der Waals surface area contributed by atoms with Gasteiger partial charge in [0.2, 0.25) is 5.91 Å². The summed E-state index contributed by atoms with van der Waals surface area (Å²) in [5.41, 5.74) is 1.36. The van der Waals surface area contributed by atoms with E-state index in [2.05, 4.69) is 5.32 Å². The van der Waals surface area contributed by atoms with Crippen molar-refractivity contribution in [3.63, 3.8) is 0 Å². The summed E-state index contributed by atoms with van der Waals surface area (Å²) in [6.45, 7) is 2.90. The number of carbonyl (C=O) groups excluding carboxylic acids is 2. The highest BCUT2D eigenvalue weighted by atomic mass is 19.4. The van der Waals surface area contributed by atoms with Crippen LogP contribution in [0.4, 0.5) is 18.9 Å². The number of halogens is 3. The Balaban J connectivity index is 1.45. The molecule has 36 heavy (non-hydrogen) atoms. The predicted octanol–water partition coefficient (Wildman–Crippen LogP) is 4.68. The minimum absolute atomic E-state index is 0.149. The smallest absolute Gasteiger partial charge is 0.416 e. The Kier molecular flexibility index (Phi) is 6.24. The van der Waals surface area contributed by atoms with Crippen LogP contribution >= 0.6 is 0 Å². The number of nitrogens with zero attached hydrogens (tertiary/aromatic N) is 2. The monoisotopic (exact) mass is 497 g/mol. The quantitative estimate of drug-likeness (QED) is 0.569. The number of hydrogen-bond donors (Lipinski definition) is 1. The van der Waals surface area contributed by atoms with Crippen molar-refractivity contribution in [2.75, 3.05) is 24.5 Å². The van der Waals surface area contributed by atoms with E-state index in [0.29, 0.717) is 24.3 Å². The van der Waals surface area contributed by atoms with Crippen LogP contribution < -0.4 is 10.2 Å². The second-order valence-electron chi connectivity index (χ2n) is 9.28. The molecule has 2 aromatic carbocycles. The molecule has 0 radical (unpaired) electrons. The van der Waals surface area contributed by atoms with Crippen LogP contribution in [0.1, 0.15) is 40.2 Å². The van der Waals surface area contributed by atoms with E-state index in [4.69, 9.17) is 4.42 Å². The molecule has 0 saturated carbocycles. The SMILES string of the molecule is C[C@@H](NC(=O)[C@@H]1Cc2cc(C(F)(F)F)ccc2N2CCN(C(=O)c3ccco3)C[C@H]12)c1ccccc1. The molecule has 0 bridgehead atoms. The van der Waals surface area contributed by atoms with Gasteiger partial charge in [-0.25, -0.2) is 0 Å². The third-order valence-electron chi connectivity index (χ3n) is 7.05. The molecule has 9 heteroatoms. The van der Waals surface area contributed by atoms with Gasteiger partial charge >= 0.3 is 6.18 Å². The zero-order chi connectivity index (χ0) is 25.4. The first-order chi connectivity index (χ1) is 17.2. The van der Waals surface area contributed by atoms with Crippen LogP contribution in [0.15, 0.2) is 71.3 Å². The molecule has 0 spiro atoms. The van der Waals surface area contributed by atoms with Crippen LogP contribution in [0.5, 0.6) is 0 Å². The molecule has 5 rings (SSSR count). The summed E-state index contributed by atoms with van der Waals surface area (Å²) in [7, 11) is 0. The van der Waals surface area contributed by atoms with Gasteiger partial charge in [-0.05, 0) is 54.8 Å². The highest BCUT2D eigenvalue weighted by Crippen LogP contribution is 2.40. The van der Waals surface area contributed by atoms with Crippen LogP contribution in [-0.2, 0) is 17.4 Å². The number of piperazine rings is 1. The molecule has 1 fully saturated rings. The average Bonchev–Trinajstić information content (AvgIpc) is 3.42. The fourth-order valence-corrected chi connectivity index (χ4v) is 5.19. The number of furan rings is 1. The molecule has 3 atom stereocenters. The van der Waals surface area contributed by atoms with Crippen molar-refractivity contribution >= 4 is 17.5 Å². The molecule has 0 unspecified atom stereocenters. The summed E-state index contributed by atoms with van der Waals surface area (Å²) in [4.78, 5) is 30.1. The summed E-state index contributed by atoms with van der Waals surface area (Å²) < 4.78 is 45.6. The van der Waals surface area contributed by atoms with Gasteiger partial charge in [0.25, 0.3) is 5.91 Å². The fraction of sp³-hybridized carbons (Fsp3) is 0.333. The van der Waals surface area contributed by atoms with Gasteiger partial charge in [0.1, 0.15) is 0 Å². The lowest BCUT2D eigenvalue weighted by Crippen LogP contribution is -2.62. The molecule has 2 aliphatic rings. The van der Waals surface area contributed by atoms with Crippen molar-refractivity contribution in [3.8, 4) is 0 Å². The van der Waals surface area contributed by atoms with Gasteiger partial charge in [-0.15, -0.1) is 0 Å². The molecule has 0 aliphatic carbocycles.